The van der Waals surface area contributed by atoms with Crippen molar-refractivity contribution in [3.8, 4) is 0 Å². The Kier molecular flexibility index (Phi) is 1.71. The molecule has 2 fully saturated rings. The summed E-state index contributed by atoms with van der Waals surface area (Å²) in [6, 6.07) is 0. The molecule has 2 atom stereocenters. The molecule has 2 unspecified atom stereocenters. The zero-order valence-electron chi connectivity index (χ0n) is 7.60. The standard InChI is InChI=1S/C10H18O/c1-8-7-9(2)10(8)3-5-11-6-4-10/h8-9H,3-7H2,1-2H3. The molecule has 0 aromatic rings. The zero-order chi connectivity index (χ0) is 7.90. The van der Waals surface area contributed by atoms with Gasteiger partial charge >= 0.3 is 0 Å². The Balaban J connectivity index is 2.06. The van der Waals surface area contributed by atoms with E-state index in [4.69, 9.17) is 4.74 Å². The summed E-state index contributed by atoms with van der Waals surface area (Å²) in [6.07, 6.45) is 4.07. The van der Waals surface area contributed by atoms with Crippen molar-refractivity contribution in [2.75, 3.05) is 13.2 Å². The fourth-order valence-electron chi connectivity index (χ4n) is 3.06. The lowest BCUT2D eigenvalue weighted by Crippen LogP contribution is -2.49. The molecule has 1 aliphatic carbocycles. The second-order valence-corrected chi connectivity index (χ2v) is 4.38. The maximum absolute atomic E-state index is 5.40. The molecule has 1 spiro atoms. The average molecular weight is 154 g/mol. The van der Waals surface area contributed by atoms with E-state index in [2.05, 4.69) is 13.8 Å². The molecular weight excluding hydrogens is 136 g/mol. The van der Waals surface area contributed by atoms with Crippen molar-refractivity contribution in [1.29, 1.82) is 0 Å². The fourth-order valence-corrected chi connectivity index (χ4v) is 3.06. The molecule has 0 bridgehead atoms. The third-order valence-corrected chi connectivity index (χ3v) is 4.09. The van der Waals surface area contributed by atoms with Crippen molar-refractivity contribution in [1.82, 2.24) is 0 Å². The van der Waals surface area contributed by atoms with Crippen LogP contribution in [0.25, 0.3) is 0 Å². The summed E-state index contributed by atoms with van der Waals surface area (Å²) in [5.41, 5.74) is 0.693. The van der Waals surface area contributed by atoms with E-state index >= 15 is 0 Å². The Morgan fingerprint density at radius 1 is 1.09 bits per heavy atom. The van der Waals surface area contributed by atoms with Crippen molar-refractivity contribution in [2.24, 2.45) is 17.3 Å². The van der Waals surface area contributed by atoms with Gasteiger partial charge in [0.15, 0.2) is 0 Å². The molecule has 1 aliphatic heterocycles. The van der Waals surface area contributed by atoms with Crippen LogP contribution in [0.2, 0.25) is 0 Å². The van der Waals surface area contributed by atoms with E-state index in [9.17, 15) is 0 Å². The SMILES string of the molecule is CC1CC(C)C12CCOCC2. The summed E-state index contributed by atoms with van der Waals surface area (Å²) < 4.78 is 5.40. The zero-order valence-corrected chi connectivity index (χ0v) is 7.60. The molecule has 1 saturated heterocycles. The molecule has 1 heteroatoms. The molecule has 11 heavy (non-hydrogen) atoms. The molecule has 1 heterocycles. The molecule has 1 saturated carbocycles. The van der Waals surface area contributed by atoms with Crippen molar-refractivity contribution in [3.05, 3.63) is 0 Å². The summed E-state index contributed by atoms with van der Waals surface area (Å²) in [5, 5.41) is 0. The van der Waals surface area contributed by atoms with Crippen molar-refractivity contribution >= 4 is 0 Å². The molecule has 0 aromatic carbocycles. The normalized spacial score (nSPS) is 42.0. The highest BCUT2D eigenvalue weighted by molar-refractivity contribution is 4.99. The van der Waals surface area contributed by atoms with Crippen LogP contribution < -0.4 is 0 Å². The van der Waals surface area contributed by atoms with Gasteiger partial charge in [-0.2, -0.15) is 0 Å². The Morgan fingerprint density at radius 3 is 2.00 bits per heavy atom. The average Bonchev–Trinajstić information content (AvgIpc) is 2.07. The molecule has 1 nitrogen and oxygen atoms in total. The third kappa shape index (κ3) is 0.936. The number of hydrogen-bond acceptors (Lipinski definition) is 1. The predicted octanol–water partition coefficient (Wildman–Crippen LogP) is 2.46. The lowest BCUT2D eigenvalue weighted by molar-refractivity contribution is -0.113. The second-order valence-electron chi connectivity index (χ2n) is 4.38. The molecule has 0 amide bonds. The van der Waals surface area contributed by atoms with Crippen LogP contribution >= 0.6 is 0 Å². The van der Waals surface area contributed by atoms with Crippen LogP contribution in [0.5, 0.6) is 0 Å². The number of rotatable bonds is 0. The quantitative estimate of drug-likeness (QED) is 0.521. The first-order valence-electron chi connectivity index (χ1n) is 4.83. The highest BCUT2D eigenvalue weighted by Gasteiger charge is 2.50. The van der Waals surface area contributed by atoms with Crippen molar-refractivity contribution in [2.45, 2.75) is 33.1 Å². The van der Waals surface area contributed by atoms with E-state index in [1.54, 1.807) is 0 Å². The topological polar surface area (TPSA) is 9.23 Å². The van der Waals surface area contributed by atoms with Crippen LogP contribution in [0.15, 0.2) is 0 Å². The molecule has 64 valence electrons. The Hall–Kier alpha value is -0.0400. The van der Waals surface area contributed by atoms with Gasteiger partial charge in [-0.25, -0.2) is 0 Å². The van der Waals surface area contributed by atoms with Gasteiger partial charge in [0.1, 0.15) is 0 Å². The Morgan fingerprint density at radius 2 is 1.64 bits per heavy atom. The minimum Gasteiger partial charge on any atom is -0.381 e. The van der Waals surface area contributed by atoms with Crippen LogP contribution in [-0.2, 0) is 4.74 Å². The molecule has 0 radical (unpaired) electrons. The van der Waals surface area contributed by atoms with Gasteiger partial charge in [0.25, 0.3) is 0 Å². The van der Waals surface area contributed by atoms with E-state index in [1.807, 2.05) is 0 Å². The Labute approximate surface area is 69.1 Å². The lowest BCUT2D eigenvalue weighted by Gasteiger charge is -2.56. The molecule has 0 N–H and O–H groups in total. The maximum atomic E-state index is 5.40. The van der Waals surface area contributed by atoms with E-state index < -0.39 is 0 Å². The smallest absolute Gasteiger partial charge is 0.0471 e. The van der Waals surface area contributed by atoms with E-state index in [-0.39, 0.29) is 0 Å². The van der Waals surface area contributed by atoms with E-state index in [0.717, 1.165) is 25.0 Å². The summed E-state index contributed by atoms with van der Waals surface area (Å²) in [6.45, 7) is 6.83. The van der Waals surface area contributed by atoms with Crippen molar-refractivity contribution < 1.29 is 4.74 Å². The van der Waals surface area contributed by atoms with Crippen LogP contribution in [0.1, 0.15) is 33.1 Å². The summed E-state index contributed by atoms with van der Waals surface area (Å²) >= 11 is 0. The van der Waals surface area contributed by atoms with Gasteiger partial charge < -0.3 is 4.74 Å². The minimum absolute atomic E-state index is 0.693. The van der Waals surface area contributed by atoms with Gasteiger partial charge in [-0.15, -0.1) is 0 Å². The fraction of sp³-hybridized carbons (Fsp3) is 1.00. The maximum Gasteiger partial charge on any atom is 0.0471 e. The predicted molar refractivity (Wildman–Crippen MR) is 45.4 cm³/mol. The van der Waals surface area contributed by atoms with E-state index in [0.29, 0.717) is 5.41 Å². The number of hydrogen-bond donors (Lipinski definition) is 0. The Bertz CT molecular complexity index is 137. The van der Waals surface area contributed by atoms with E-state index in [1.165, 1.54) is 19.3 Å². The van der Waals surface area contributed by atoms with Crippen LogP contribution in [0.3, 0.4) is 0 Å². The van der Waals surface area contributed by atoms with Gasteiger partial charge in [-0.05, 0) is 36.5 Å². The lowest BCUT2D eigenvalue weighted by atomic mass is 9.51. The molecule has 2 aliphatic rings. The van der Waals surface area contributed by atoms with Crippen LogP contribution in [0, 0.1) is 17.3 Å². The third-order valence-electron chi connectivity index (χ3n) is 4.09. The van der Waals surface area contributed by atoms with Gasteiger partial charge in [-0.3, -0.25) is 0 Å². The van der Waals surface area contributed by atoms with Crippen LogP contribution in [-0.4, -0.2) is 13.2 Å². The summed E-state index contributed by atoms with van der Waals surface area (Å²) in [7, 11) is 0. The summed E-state index contributed by atoms with van der Waals surface area (Å²) in [5.74, 6) is 1.92. The first-order chi connectivity index (χ1) is 5.26. The van der Waals surface area contributed by atoms with Crippen molar-refractivity contribution in [3.63, 3.8) is 0 Å². The highest BCUT2D eigenvalue weighted by Crippen LogP contribution is 2.57. The first-order valence-corrected chi connectivity index (χ1v) is 4.83. The molecule has 0 aromatic heterocycles. The monoisotopic (exact) mass is 154 g/mol. The number of ether oxygens (including phenoxy) is 1. The molecule has 2 rings (SSSR count). The van der Waals surface area contributed by atoms with Gasteiger partial charge in [-0.1, -0.05) is 13.8 Å². The van der Waals surface area contributed by atoms with Crippen LogP contribution in [0.4, 0.5) is 0 Å². The second kappa shape index (κ2) is 2.48. The van der Waals surface area contributed by atoms with Gasteiger partial charge in [0, 0.05) is 13.2 Å². The minimum atomic E-state index is 0.693. The highest BCUT2D eigenvalue weighted by atomic mass is 16.5. The molecular formula is C10H18O. The largest absolute Gasteiger partial charge is 0.381 e. The van der Waals surface area contributed by atoms with Gasteiger partial charge in [0.05, 0.1) is 0 Å². The summed E-state index contributed by atoms with van der Waals surface area (Å²) in [4.78, 5) is 0. The van der Waals surface area contributed by atoms with Gasteiger partial charge in [0.2, 0.25) is 0 Å². The first kappa shape index (κ1) is 7.60.